The zero-order valence-corrected chi connectivity index (χ0v) is 21.9. The number of rotatable bonds is 8. The molecule has 0 radical (unpaired) electrons. The molecular formula is C24H60O4. The van der Waals surface area contributed by atoms with Crippen LogP contribution < -0.4 is 0 Å². The van der Waals surface area contributed by atoms with Gasteiger partial charge in [-0.3, -0.25) is 0 Å². The molecule has 4 heteroatoms. The monoisotopic (exact) mass is 412 g/mol. The fourth-order valence-corrected chi connectivity index (χ4v) is 0.930. The van der Waals surface area contributed by atoms with Gasteiger partial charge in [-0.05, 0) is 46.5 Å². The fraction of sp³-hybridized carbons (Fsp3) is 1.00. The van der Waals surface area contributed by atoms with E-state index in [4.69, 9.17) is 19.7 Å². The van der Waals surface area contributed by atoms with Gasteiger partial charge in [0.05, 0.1) is 0 Å². The van der Waals surface area contributed by atoms with E-state index in [9.17, 15) is 0 Å². The summed E-state index contributed by atoms with van der Waals surface area (Å²) >= 11 is 0. The molecule has 1 unspecified atom stereocenters. The van der Waals surface area contributed by atoms with Crippen molar-refractivity contribution < 1.29 is 19.7 Å². The topological polar surface area (TPSA) is 58.9 Å². The molecule has 0 aliphatic carbocycles. The molecule has 180 valence electrons. The molecule has 4 nitrogen and oxygen atoms in total. The van der Waals surface area contributed by atoms with Gasteiger partial charge in [-0.25, -0.2) is 0 Å². The van der Waals surface area contributed by atoms with Gasteiger partial charge < -0.3 is 19.7 Å². The van der Waals surface area contributed by atoms with E-state index in [0.717, 1.165) is 38.3 Å². The molecule has 0 aliphatic heterocycles. The summed E-state index contributed by atoms with van der Waals surface area (Å²) in [5.74, 6) is 1.67. The highest BCUT2D eigenvalue weighted by Gasteiger charge is 1.94. The Balaban J connectivity index is -0.0000000545. The summed E-state index contributed by atoms with van der Waals surface area (Å²) in [5, 5.41) is 15.1. The number of ether oxygens (including phenoxy) is 2. The third-order valence-corrected chi connectivity index (χ3v) is 3.11. The highest BCUT2D eigenvalue weighted by Crippen LogP contribution is 2.02. The summed E-state index contributed by atoms with van der Waals surface area (Å²) in [6.07, 6.45) is 5.13. The van der Waals surface area contributed by atoms with Crippen molar-refractivity contribution >= 4 is 0 Å². The van der Waals surface area contributed by atoms with Crippen LogP contribution in [0.15, 0.2) is 0 Å². The average Bonchev–Trinajstić information content (AvgIpc) is 2.69. The Morgan fingerprint density at radius 3 is 0.893 bits per heavy atom. The van der Waals surface area contributed by atoms with Crippen LogP contribution in [0.4, 0.5) is 0 Å². The summed E-state index contributed by atoms with van der Waals surface area (Å²) in [6, 6.07) is 0. The standard InChI is InChI=1S/C7H16O.C6H14.C4H10O.C3H8.2C2H6O/c1-4-7(3)6-8-5-2;1-4-6(3)5-2;1-3-5-4-2;1-3-2;2*1-2-3/h7H,4-6H2,1-3H3;6H,4-5H2,1-3H3;3-4H2,1-2H3;3H2,1-2H3;2*3H,2H2,1H3. The zero-order valence-electron chi connectivity index (χ0n) is 21.9. The zero-order chi connectivity index (χ0) is 23.6. The SMILES string of the molecule is CCC.CCC(C)CC.CCO.CCO.CCOCC.CCOCC(C)CC. The lowest BCUT2D eigenvalue weighted by molar-refractivity contribution is 0.115. The van der Waals surface area contributed by atoms with Crippen LogP contribution in [0.25, 0.3) is 0 Å². The van der Waals surface area contributed by atoms with Crippen molar-refractivity contribution in [1.82, 2.24) is 0 Å². The third kappa shape index (κ3) is 114. The van der Waals surface area contributed by atoms with Crippen molar-refractivity contribution in [2.24, 2.45) is 11.8 Å². The second-order valence-electron chi connectivity index (χ2n) is 6.22. The smallest absolute Gasteiger partial charge is 0.0491 e. The van der Waals surface area contributed by atoms with Gasteiger partial charge in [0.25, 0.3) is 0 Å². The summed E-state index contributed by atoms with van der Waals surface area (Å²) in [4.78, 5) is 0. The fourth-order valence-electron chi connectivity index (χ4n) is 0.930. The van der Waals surface area contributed by atoms with Crippen LogP contribution in [0.2, 0.25) is 0 Å². The summed E-state index contributed by atoms with van der Waals surface area (Å²) in [7, 11) is 0. The third-order valence-electron chi connectivity index (χ3n) is 3.11. The molecule has 0 rings (SSSR count). The maximum atomic E-state index is 7.57. The van der Waals surface area contributed by atoms with Gasteiger partial charge in [0.2, 0.25) is 0 Å². The van der Waals surface area contributed by atoms with Crippen LogP contribution in [0.3, 0.4) is 0 Å². The minimum atomic E-state index is 0.250. The van der Waals surface area contributed by atoms with Crippen molar-refractivity contribution in [2.75, 3.05) is 39.6 Å². The molecule has 0 amide bonds. The van der Waals surface area contributed by atoms with E-state index in [1.54, 1.807) is 13.8 Å². The normalized spacial score (nSPS) is 9.54. The molecule has 0 spiro atoms. The van der Waals surface area contributed by atoms with Gasteiger partial charge in [0, 0.05) is 39.6 Å². The van der Waals surface area contributed by atoms with Gasteiger partial charge >= 0.3 is 0 Å². The molecule has 28 heavy (non-hydrogen) atoms. The second-order valence-corrected chi connectivity index (χ2v) is 6.22. The Morgan fingerprint density at radius 1 is 0.536 bits per heavy atom. The van der Waals surface area contributed by atoms with Crippen LogP contribution >= 0.6 is 0 Å². The van der Waals surface area contributed by atoms with E-state index in [1.807, 2.05) is 20.8 Å². The van der Waals surface area contributed by atoms with Gasteiger partial charge in [0.1, 0.15) is 0 Å². The number of aliphatic hydroxyl groups excluding tert-OH is 2. The molecule has 0 aliphatic rings. The van der Waals surface area contributed by atoms with Crippen LogP contribution in [-0.4, -0.2) is 49.9 Å². The molecule has 0 fully saturated rings. The van der Waals surface area contributed by atoms with Crippen molar-refractivity contribution in [1.29, 1.82) is 0 Å². The molecule has 0 saturated carbocycles. The number of hydrogen-bond acceptors (Lipinski definition) is 4. The quantitative estimate of drug-likeness (QED) is 0.452. The van der Waals surface area contributed by atoms with Crippen LogP contribution in [-0.2, 0) is 9.47 Å². The number of hydrogen-bond donors (Lipinski definition) is 2. The Hall–Kier alpha value is -0.160. The Labute approximate surface area is 180 Å². The lowest BCUT2D eigenvalue weighted by atomic mass is 10.1. The van der Waals surface area contributed by atoms with Gasteiger partial charge in [-0.2, -0.15) is 0 Å². The summed E-state index contributed by atoms with van der Waals surface area (Å²) in [5.41, 5.74) is 0. The van der Waals surface area contributed by atoms with E-state index < -0.39 is 0 Å². The number of aliphatic hydroxyl groups is 2. The second kappa shape index (κ2) is 56.3. The molecule has 0 aromatic heterocycles. The van der Waals surface area contributed by atoms with Gasteiger partial charge in [-0.15, -0.1) is 0 Å². The first-order valence-electron chi connectivity index (χ1n) is 11.6. The van der Waals surface area contributed by atoms with Crippen molar-refractivity contribution in [3.05, 3.63) is 0 Å². The first-order valence-corrected chi connectivity index (χ1v) is 11.6. The Morgan fingerprint density at radius 2 is 0.786 bits per heavy atom. The highest BCUT2D eigenvalue weighted by atomic mass is 16.5. The van der Waals surface area contributed by atoms with Crippen molar-refractivity contribution in [3.63, 3.8) is 0 Å². The highest BCUT2D eigenvalue weighted by molar-refractivity contribution is 4.44. The van der Waals surface area contributed by atoms with Gasteiger partial charge in [-0.1, -0.05) is 74.1 Å². The van der Waals surface area contributed by atoms with Crippen molar-refractivity contribution in [3.8, 4) is 0 Å². The molecule has 1 atom stereocenters. The maximum absolute atomic E-state index is 7.57. The lowest BCUT2D eigenvalue weighted by Gasteiger charge is -2.05. The van der Waals surface area contributed by atoms with Gasteiger partial charge in [0.15, 0.2) is 0 Å². The largest absolute Gasteiger partial charge is 0.397 e. The molecular weight excluding hydrogens is 352 g/mol. The van der Waals surface area contributed by atoms with Crippen LogP contribution in [0.1, 0.15) is 109 Å². The van der Waals surface area contributed by atoms with E-state index in [-0.39, 0.29) is 13.2 Å². The average molecular weight is 413 g/mol. The van der Waals surface area contributed by atoms with E-state index in [1.165, 1.54) is 25.7 Å². The van der Waals surface area contributed by atoms with Crippen LogP contribution in [0, 0.1) is 11.8 Å². The maximum Gasteiger partial charge on any atom is 0.0491 e. The van der Waals surface area contributed by atoms with Crippen molar-refractivity contribution in [2.45, 2.75) is 109 Å². The predicted molar refractivity (Wildman–Crippen MR) is 129 cm³/mol. The summed E-state index contributed by atoms with van der Waals surface area (Å²) in [6.45, 7) is 28.7. The van der Waals surface area contributed by atoms with E-state index in [0.29, 0.717) is 0 Å². The lowest BCUT2D eigenvalue weighted by Crippen LogP contribution is -2.03. The molecule has 0 aromatic rings. The Kier molecular flexibility index (Phi) is 84.6. The predicted octanol–water partition coefficient (Wildman–Crippen LogP) is 6.97. The molecule has 0 saturated heterocycles. The van der Waals surface area contributed by atoms with Crippen LogP contribution in [0.5, 0.6) is 0 Å². The summed E-state index contributed by atoms with van der Waals surface area (Å²) < 4.78 is 10.0. The molecule has 0 heterocycles. The van der Waals surface area contributed by atoms with E-state index >= 15 is 0 Å². The molecule has 0 aromatic carbocycles. The molecule has 0 bridgehead atoms. The minimum Gasteiger partial charge on any atom is -0.397 e. The van der Waals surface area contributed by atoms with E-state index in [2.05, 4.69) is 48.5 Å². The Bertz CT molecular complexity index is 156. The first-order chi connectivity index (χ1) is 13.3. The first kappa shape index (κ1) is 42.0. The molecule has 2 N–H and O–H groups in total. The minimum absolute atomic E-state index is 0.250.